The predicted molar refractivity (Wildman–Crippen MR) is 74.2 cm³/mol. The number of nitrogens with one attached hydrogen (secondary N) is 1. The zero-order valence-corrected chi connectivity index (χ0v) is 11.2. The zero-order valence-electron chi connectivity index (χ0n) is 11.2. The van der Waals surface area contributed by atoms with Crippen molar-refractivity contribution in [3.63, 3.8) is 0 Å². The minimum absolute atomic E-state index is 0.240. The molecule has 0 aliphatic heterocycles. The van der Waals surface area contributed by atoms with E-state index in [0.717, 1.165) is 18.5 Å². The maximum atomic E-state index is 9.43. The number of anilines is 1. The Morgan fingerprint density at radius 3 is 3.11 bits per heavy atom. The molecule has 5 nitrogen and oxygen atoms in total. The molecule has 2 aromatic heterocycles. The van der Waals surface area contributed by atoms with E-state index in [0.29, 0.717) is 11.9 Å². The van der Waals surface area contributed by atoms with Gasteiger partial charge in [0.05, 0.1) is 0 Å². The number of hydrogen-bond acceptors (Lipinski definition) is 4. The third-order valence-corrected chi connectivity index (χ3v) is 3.95. The molecule has 0 aromatic carbocycles. The lowest BCUT2D eigenvalue weighted by Gasteiger charge is -2.30. The van der Waals surface area contributed by atoms with Crippen LogP contribution in [0.3, 0.4) is 0 Å². The van der Waals surface area contributed by atoms with Gasteiger partial charge in [0, 0.05) is 24.8 Å². The number of hydrogen-bond donors (Lipinski definition) is 2. The highest BCUT2D eigenvalue weighted by atomic mass is 16.3. The lowest BCUT2D eigenvalue weighted by molar-refractivity contribution is 0.178. The van der Waals surface area contributed by atoms with Gasteiger partial charge in [0.1, 0.15) is 0 Å². The first kappa shape index (κ1) is 12.4. The SMILES string of the molecule is Cc1ccn2nc(NC3CCCCC3CO)nc2c1. The van der Waals surface area contributed by atoms with Crippen LogP contribution in [0.2, 0.25) is 0 Å². The van der Waals surface area contributed by atoms with Crippen molar-refractivity contribution >= 4 is 11.6 Å². The second-order valence-corrected chi connectivity index (χ2v) is 5.42. The van der Waals surface area contributed by atoms with E-state index in [-0.39, 0.29) is 12.6 Å². The molecular weight excluding hydrogens is 240 g/mol. The lowest BCUT2D eigenvalue weighted by Crippen LogP contribution is -2.34. The van der Waals surface area contributed by atoms with Crippen molar-refractivity contribution in [2.75, 3.05) is 11.9 Å². The van der Waals surface area contributed by atoms with Gasteiger partial charge in [-0.3, -0.25) is 0 Å². The van der Waals surface area contributed by atoms with E-state index in [1.807, 2.05) is 25.3 Å². The molecule has 1 saturated carbocycles. The average Bonchev–Trinajstić information content (AvgIpc) is 2.80. The standard InChI is InChI=1S/C14H20N4O/c1-10-6-7-18-13(8-10)16-14(17-18)15-12-5-3-2-4-11(12)9-19/h6-8,11-12,19H,2-5,9H2,1H3,(H,15,17). The molecule has 0 bridgehead atoms. The predicted octanol–water partition coefficient (Wildman–Crippen LogP) is 2.00. The van der Waals surface area contributed by atoms with E-state index >= 15 is 0 Å². The van der Waals surface area contributed by atoms with Gasteiger partial charge in [-0.15, -0.1) is 5.10 Å². The van der Waals surface area contributed by atoms with Gasteiger partial charge in [-0.25, -0.2) is 4.52 Å². The molecule has 102 valence electrons. The fourth-order valence-corrected chi connectivity index (χ4v) is 2.83. The Labute approximate surface area is 112 Å². The summed E-state index contributed by atoms with van der Waals surface area (Å²) in [6.45, 7) is 2.29. The molecule has 2 aromatic rings. The first-order valence-electron chi connectivity index (χ1n) is 6.96. The van der Waals surface area contributed by atoms with Gasteiger partial charge in [0.15, 0.2) is 5.65 Å². The fourth-order valence-electron chi connectivity index (χ4n) is 2.83. The van der Waals surface area contributed by atoms with E-state index < -0.39 is 0 Å². The molecule has 0 spiro atoms. The second-order valence-electron chi connectivity index (χ2n) is 5.42. The molecule has 2 N–H and O–H groups in total. The molecule has 1 fully saturated rings. The molecule has 3 rings (SSSR count). The van der Waals surface area contributed by atoms with Crippen LogP contribution < -0.4 is 5.32 Å². The van der Waals surface area contributed by atoms with Gasteiger partial charge < -0.3 is 10.4 Å². The number of rotatable bonds is 3. The zero-order chi connectivity index (χ0) is 13.2. The van der Waals surface area contributed by atoms with Crippen molar-refractivity contribution in [3.05, 3.63) is 23.9 Å². The van der Waals surface area contributed by atoms with Gasteiger partial charge >= 0.3 is 0 Å². The van der Waals surface area contributed by atoms with Crippen LogP contribution in [0.1, 0.15) is 31.2 Å². The number of fused-ring (bicyclic) bond motifs is 1. The van der Waals surface area contributed by atoms with Crippen LogP contribution in [0.4, 0.5) is 5.95 Å². The van der Waals surface area contributed by atoms with Crippen LogP contribution in [0.5, 0.6) is 0 Å². The molecule has 2 heterocycles. The summed E-state index contributed by atoms with van der Waals surface area (Å²) < 4.78 is 1.78. The number of aliphatic hydroxyl groups excluding tert-OH is 1. The minimum atomic E-state index is 0.240. The molecule has 5 heteroatoms. The molecule has 1 aliphatic rings. The van der Waals surface area contributed by atoms with Crippen molar-refractivity contribution < 1.29 is 5.11 Å². The highest BCUT2D eigenvalue weighted by Gasteiger charge is 2.25. The summed E-state index contributed by atoms with van der Waals surface area (Å²) in [5.41, 5.74) is 2.04. The molecule has 19 heavy (non-hydrogen) atoms. The minimum Gasteiger partial charge on any atom is -0.396 e. The molecule has 2 unspecified atom stereocenters. The van der Waals surface area contributed by atoms with Crippen LogP contribution in [0.25, 0.3) is 5.65 Å². The number of aryl methyl sites for hydroxylation is 1. The Morgan fingerprint density at radius 2 is 2.26 bits per heavy atom. The topological polar surface area (TPSA) is 62.5 Å². The van der Waals surface area contributed by atoms with E-state index in [1.54, 1.807) is 4.52 Å². The smallest absolute Gasteiger partial charge is 0.243 e. The van der Waals surface area contributed by atoms with Crippen molar-refractivity contribution in [1.29, 1.82) is 0 Å². The summed E-state index contributed by atoms with van der Waals surface area (Å²) in [7, 11) is 0. The second kappa shape index (κ2) is 5.17. The number of aromatic nitrogens is 3. The molecule has 0 radical (unpaired) electrons. The summed E-state index contributed by atoms with van der Waals surface area (Å²) in [5.74, 6) is 0.984. The van der Waals surface area contributed by atoms with E-state index in [4.69, 9.17) is 0 Å². The molecular formula is C14H20N4O. The van der Waals surface area contributed by atoms with E-state index in [1.165, 1.54) is 18.4 Å². The lowest BCUT2D eigenvalue weighted by atomic mass is 9.85. The average molecular weight is 260 g/mol. The Hall–Kier alpha value is -1.62. The highest BCUT2D eigenvalue weighted by molar-refractivity contribution is 5.45. The van der Waals surface area contributed by atoms with Crippen LogP contribution in [-0.2, 0) is 0 Å². The first-order valence-corrected chi connectivity index (χ1v) is 6.96. The number of aliphatic hydroxyl groups is 1. The summed E-state index contributed by atoms with van der Waals surface area (Å²) in [6.07, 6.45) is 6.51. The maximum absolute atomic E-state index is 9.43. The van der Waals surface area contributed by atoms with Crippen molar-refractivity contribution in [2.45, 2.75) is 38.6 Å². The highest BCUT2D eigenvalue weighted by Crippen LogP contribution is 2.26. The van der Waals surface area contributed by atoms with Gasteiger partial charge in [-0.1, -0.05) is 12.8 Å². The van der Waals surface area contributed by atoms with Crippen molar-refractivity contribution in [1.82, 2.24) is 14.6 Å². The van der Waals surface area contributed by atoms with Gasteiger partial charge in [0.2, 0.25) is 5.95 Å². The summed E-state index contributed by atoms with van der Waals surface area (Å²) in [4.78, 5) is 4.50. The van der Waals surface area contributed by atoms with Crippen LogP contribution >= 0.6 is 0 Å². The van der Waals surface area contributed by atoms with Crippen LogP contribution in [-0.4, -0.2) is 32.4 Å². The molecule has 2 atom stereocenters. The molecule has 0 amide bonds. The normalized spacial score (nSPS) is 23.7. The number of nitrogens with zero attached hydrogens (tertiary/aromatic N) is 3. The first-order chi connectivity index (χ1) is 9.26. The molecule has 1 aliphatic carbocycles. The quantitative estimate of drug-likeness (QED) is 0.886. The van der Waals surface area contributed by atoms with E-state index in [2.05, 4.69) is 15.4 Å². The maximum Gasteiger partial charge on any atom is 0.243 e. The third-order valence-electron chi connectivity index (χ3n) is 3.95. The van der Waals surface area contributed by atoms with Crippen molar-refractivity contribution in [3.8, 4) is 0 Å². The van der Waals surface area contributed by atoms with Gasteiger partial charge in [-0.05, 0) is 37.5 Å². The van der Waals surface area contributed by atoms with Crippen LogP contribution in [0.15, 0.2) is 18.3 Å². The summed E-state index contributed by atoms with van der Waals surface area (Å²) in [5, 5.41) is 17.2. The Morgan fingerprint density at radius 1 is 1.42 bits per heavy atom. The van der Waals surface area contributed by atoms with E-state index in [9.17, 15) is 5.11 Å². The number of pyridine rings is 1. The Balaban J connectivity index is 1.80. The monoisotopic (exact) mass is 260 g/mol. The Bertz CT molecular complexity index is 566. The third kappa shape index (κ3) is 2.56. The summed E-state index contributed by atoms with van der Waals surface area (Å²) >= 11 is 0. The molecule has 0 saturated heterocycles. The van der Waals surface area contributed by atoms with Crippen LogP contribution in [0, 0.1) is 12.8 Å². The van der Waals surface area contributed by atoms with Gasteiger partial charge in [-0.2, -0.15) is 4.98 Å². The Kier molecular flexibility index (Phi) is 3.38. The fraction of sp³-hybridized carbons (Fsp3) is 0.571. The van der Waals surface area contributed by atoms with Gasteiger partial charge in [0.25, 0.3) is 0 Å². The largest absolute Gasteiger partial charge is 0.396 e. The summed E-state index contributed by atoms with van der Waals surface area (Å²) in [6, 6.07) is 4.32. The van der Waals surface area contributed by atoms with Crippen molar-refractivity contribution in [2.24, 2.45) is 5.92 Å².